The van der Waals surface area contributed by atoms with Crippen molar-refractivity contribution in [3.8, 4) is 0 Å². The van der Waals surface area contributed by atoms with Crippen LogP contribution < -0.4 is 0 Å². The fourth-order valence-corrected chi connectivity index (χ4v) is 5.01. The number of rotatable bonds is 9. The molecule has 5 rings (SSSR count). The van der Waals surface area contributed by atoms with Gasteiger partial charge in [0.1, 0.15) is 11.7 Å². The molecule has 0 unspecified atom stereocenters. The Labute approximate surface area is 212 Å². The standard InChI is InChI=1S/C31H32O5/c1-4-5-21-32-27-26(34-29-28(27)35-30(2,3)36-29)22-33-31(23-15-9-6-10-16-23,24-17-11-7-12-18-24)25-19-13-8-14-20-25/h4-21,26-29H,1,22H2,2-3H3/b21-5+/t26-,27+,28-,29-/m1/s1. The molecule has 0 saturated carbocycles. The van der Waals surface area contributed by atoms with Crippen molar-refractivity contribution in [1.29, 1.82) is 0 Å². The maximum absolute atomic E-state index is 6.97. The second-order valence-corrected chi connectivity index (χ2v) is 9.40. The second kappa shape index (κ2) is 10.4. The summed E-state index contributed by atoms with van der Waals surface area (Å²) >= 11 is 0. The minimum atomic E-state index is -0.854. The largest absolute Gasteiger partial charge is 0.492 e. The Bertz CT molecular complexity index is 1060. The topological polar surface area (TPSA) is 46.2 Å². The Morgan fingerprint density at radius 3 is 1.86 bits per heavy atom. The van der Waals surface area contributed by atoms with Gasteiger partial charge in [-0.2, -0.15) is 0 Å². The van der Waals surface area contributed by atoms with Crippen LogP contribution in [0.1, 0.15) is 30.5 Å². The van der Waals surface area contributed by atoms with E-state index in [1.807, 2.05) is 68.4 Å². The molecule has 2 heterocycles. The predicted octanol–water partition coefficient (Wildman–Crippen LogP) is 5.96. The Hall–Kier alpha value is -3.22. The molecule has 3 aromatic rings. The summed E-state index contributed by atoms with van der Waals surface area (Å²) in [7, 11) is 0. The van der Waals surface area contributed by atoms with Crippen molar-refractivity contribution in [2.75, 3.05) is 6.61 Å². The summed E-state index contributed by atoms with van der Waals surface area (Å²) in [6.45, 7) is 7.73. The average molecular weight is 485 g/mol. The van der Waals surface area contributed by atoms with E-state index in [0.717, 1.165) is 16.7 Å². The monoisotopic (exact) mass is 484 g/mol. The van der Waals surface area contributed by atoms with Crippen LogP contribution in [0.4, 0.5) is 0 Å². The number of allylic oxidation sites excluding steroid dienone is 2. The minimum absolute atomic E-state index is 0.255. The number of hydrogen-bond donors (Lipinski definition) is 0. The lowest BCUT2D eigenvalue weighted by Gasteiger charge is -2.37. The maximum atomic E-state index is 6.97. The molecule has 5 nitrogen and oxygen atoms in total. The van der Waals surface area contributed by atoms with Crippen molar-refractivity contribution in [1.82, 2.24) is 0 Å². The van der Waals surface area contributed by atoms with Crippen LogP contribution in [-0.2, 0) is 29.3 Å². The highest BCUT2D eigenvalue weighted by Crippen LogP contribution is 2.43. The number of benzene rings is 3. The molecule has 2 saturated heterocycles. The number of fused-ring (bicyclic) bond motifs is 1. The van der Waals surface area contributed by atoms with Crippen LogP contribution >= 0.6 is 0 Å². The smallest absolute Gasteiger partial charge is 0.191 e. The van der Waals surface area contributed by atoms with E-state index in [1.165, 1.54) is 0 Å². The highest BCUT2D eigenvalue weighted by atomic mass is 16.8. The van der Waals surface area contributed by atoms with Gasteiger partial charge in [0.15, 0.2) is 24.3 Å². The van der Waals surface area contributed by atoms with Crippen LogP contribution in [0.15, 0.2) is 116 Å². The molecule has 186 valence electrons. The molecule has 0 bridgehead atoms. The molecule has 2 aliphatic heterocycles. The van der Waals surface area contributed by atoms with Gasteiger partial charge in [-0.3, -0.25) is 0 Å². The fraction of sp³-hybridized carbons (Fsp3) is 0.290. The summed E-state index contributed by atoms with van der Waals surface area (Å²) < 4.78 is 31.5. The zero-order valence-electron chi connectivity index (χ0n) is 20.7. The molecule has 2 fully saturated rings. The van der Waals surface area contributed by atoms with Crippen LogP contribution in [0.25, 0.3) is 0 Å². The molecule has 0 aromatic heterocycles. The lowest BCUT2D eigenvalue weighted by Crippen LogP contribution is -2.41. The van der Waals surface area contributed by atoms with E-state index >= 15 is 0 Å². The fourth-order valence-electron chi connectivity index (χ4n) is 5.01. The van der Waals surface area contributed by atoms with Crippen LogP contribution in [0.3, 0.4) is 0 Å². The first-order valence-corrected chi connectivity index (χ1v) is 12.3. The molecule has 0 amide bonds. The second-order valence-electron chi connectivity index (χ2n) is 9.40. The maximum Gasteiger partial charge on any atom is 0.191 e. The van der Waals surface area contributed by atoms with E-state index in [1.54, 1.807) is 18.4 Å². The summed E-state index contributed by atoms with van der Waals surface area (Å²) in [6, 6.07) is 30.8. The van der Waals surface area contributed by atoms with Gasteiger partial charge in [0.25, 0.3) is 0 Å². The molecule has 0 aliphatic carbocycles. The first-order chi connectivity index (χ1) is 17.5. The molecule has 0 N–H and O–H groups in total. The summed E-state index contributed by atoms with van der Waals surface area (Å²) in [5, 5.41) is 0. The molecular formula is C31H32O5. The van der Waals surface area contributed by atoms with Crippen LogP contribution in [0.5, 0.6) is 0 Å². The summed E-state index contributed by atoms with van der Waals surface area (Å²) in [5.41, 5.74) is 2.22. The van der Waals surface area contributed by atoms with Gasteiger partial charge < -0.3 is 23.7 Å². The summed E-state index contributed by atoms with van der Waals surface area (Å²) in [5.74, 6) is -0.743. The molecule has 4 atom stereocenters. The SMILES string of the molecule is C=C/C=C/O[C@@H]1[C@H]2OC(C)(C)O[C@H]2O[C@@H]1COC(c1ccccc1)(c1ccccc1)c1ccccc1. The van der Waals surface area contributed by atoms with Gasteiger partial charge in [-0.05, 0) is 36.6 Å². The van der Waals surface area contributed by atoms with E-state index in [2.05, 4.69) is 43.0 Å². The Morgan fingerprint density at radius 2 is 1.36 bits per heavy atom. The third-order valence-electron chi connectivity index (χ3n) is 6.54. The lowest BCUT2D eigenvalue weighted by atomic mass is 9.80. The highest BCUT2D eigenvalue weighted by molar-refractivity contribution is 5.47. The Balaban J connectivity index is 1.52. The van der Waals surface area contributed by atoms with Crippen LogP contribution in [-0.4, -0.2) is 37.0 Å². The van der Waals surface area contributed by atoms with Gasteiger partial charge >= 0.3 is 0 Å². The van der Waals surface area contributed by atoms with E-state index in [-0.39, 0.29) is 12.7 Å². The zero-order valence-corrected chi connectivity index (χ0v) is 20.7. The molecule has 0 radical (unpaired) electrons. The highest BCUT2D eigenvalue weighted by Gasteiger charge is 2.56. The lowest BCUT2D eigenvalue weighted by molar-refractivity contribution is -0.223. The van der Waals surface area contributed by atoms with E-state index in [9.17, 15) is 0 Å². The summed E-state index contributed by atoms with van der Waals surface area (Å²) in [4.78, 5) is 0. The van der Waals surface area contributed by atoms with Crippen molar-refractivity contribution in [2.24, 2.45) is 0 Å². The third kappa shape index (κ3) is 4.75. The molecular weight excluding hydrogens is 452 g/mol. The van der Waals surface area contributed by atoms with Gasteiger partial charge in [0.05, 0.1) is 12.9 Å². The Kier molecular flexibility index (Phi) is 7.08. The summed E-state index contributed by atoms with van der Waals surface area (Å²) in [6.07, 6.45) is 3.30. The minimum Gasteiger partial charge on any atom is -0.492 e. The average Bonchev–Trinajstić information content (AvgIpc) is 3.38. The van der Waals surface area contributed by atoms with Crippen molar-refractivity contribution >= 4 is 0 Å². The van der Waals surface area contributed by atoms with Crippen LogP contribution in [0, 0.1) is 0 Å². The third-order valence-corrected chi connectivity index (χ3v) is 6.54. The first kappa shape index (κ1) is 24.5. The molecule has 5 heteroatoms. The molecule has 0 spiro atoms. The van der Waals surface area contributed by atoms with Gasteiger partial charge in [0.2, 0.25) is 0 Å². The van der Waals surface area contributed by atoms with Crippen molar-refractivity contribution in [3.63, 3.8) is 0 Å². The van der Waals surface area contributed by atoms with Gasteiger partial charge in [-0.1, -0.05) is 104 Å². The van der Waals surface area contributed by atoms with Gasteiger partial charge in [-0.15, -0.1) is 0 Å². The van der Waals surface area contributed by atoms with Crippen molar-refractivity contribution in [2.45, 2.75) is 49.8 Å². The number of ether oxygens (including phenoxy) is 5. The first-order valence-electron chi connectivity index (χ1n) is 12.3. The predicted molar refractivity (Wildman–Crippen MR) is 138 cm³/mol. The zero-order chi connectivity index (χ0) is 25.0. The molecule has 2 aliphatic rings. The van der Waals surface area contributed by atoms with E-state index in [0.29, 0.717) is 0 Å². The van der Waals surface area contributed by atoms with E-state index < -0.39 is 29.9 Å². The van der Waals surface area contributed by atoms with Gasteiger partial charge in [-0.25, -0.2) is 0 Å². The normalized spacial score (nSPS) is 25.1. The quantitative estimate of drug-likeness (QED) is 0.213. The number of hydrogen-bond acceptors (Lipinski definition) is 5. The Morgan fingerprint density at radius 1 is 0.833 bits per heavy atom. The van der Waals surface area contributed by atoms with Gasteiger partial charge in [0, 0.05) is 0 Å². The van der Waals surface area contributed by atoms with Crippen molar-refractivity contribution < 1.29 is 23.7 Å². The molecule has 36 heavy (non-hydrogen) atoms. The van der Waals surface area contributed by atoms with Crippen LogP contribution in [0.2, 0.25) is 0 Å². The van der Waals surface area contributed by atoms with E-state index in [4.69, 9.17) is 23.7 Å². The van der Waals surface area contributed by atoms with Crippen molar-refractivity contribution in [3.05, 3.63) is 133 Å². The molecule has 3 aromatic carbocycles.